The molecule has 0 aliphatic carbocycles. The highest BCUT2D eigenvalue weighted by Crippen LogP contribution is 2.16. The lowest BCUT2D eigenvalue weighted by Crippen LogP contribution is -2.05. The van der Waals surface area contributed by atoms with E-state index in [0.29, 0.717) is 10.9 Å². The highest BCUT2D eigenvalue weighted by molar-refractivity contribution is 9.08. The molecule has 15 heavy (non-hydrogen) atoms. The number of hydrogen-bond acceptors (Lipinski definition) is 2. The first-order valence-corrected chi connectivity index (χ1v) is 5.36. The molecule has 2 N–H and O–H groups in total. The maximum absolute atomic E-state index is 10.6. The van der Waals surface area contributed by atoms with E-state index in [1.165, 1.54) is 6.08 Å². The van der Waals surface area contributed by atoms with Gasteiger partial charge in [0.15, 0.2) is 0 Å². The molecule has 1 aromatic carbocycles. The minimum atomic E-state index is -0.502. The van der Waals surface area contributed by atoms with Crippen LogP contribution >= 0.6 is 15.9 Å². The van der Waals surface area contributed by atoms with E-state index in [0.717, 1.165) is 11.1 Å². The van der Waals surface area contributed by atoms with Gasteiger partial charge in [-0.1, -0.05) is 22.0 Å². The summed E-state index contributed by atoms with van der Waals surface area (Å²) in [5.74, 6) is -0.502. The molecule has 1 rings (SSSR count). The van der Waals surface area contributed by atoms with Gasteiger partial charge in [-0.3, -0.25) is 4.79 Å². The van der Waals surface area contributed by atoms with Gasteiger partial charge in [-0.2, -0.15) is 5.26 Å². The molecule has 0 atom stereocenters. The van der Waals surface area contributed by atoms with Gasteiger partial charge in [0.05, 0.1) is 11.6 Å². The Kier molecular flexibility index (Phi) is 4.07. The molecular formula is C11H9BrN2O. The smallest absolute Gasteiger partial charge is 0.241 e. The van der Waals surface area contributed by atoms with E-state index in [-0.39, 0.29) is 0 Å². The Balaban J connectivity index is 3.13. The number of rotatable bonds is 3. The number of nitriles is 1. The lowest BCUT2D eigenvalue weighted by molar-refractivity contribution is -0.113. The molecule has 76 valence electrons. The van der Waals surface area contributed by atoms with Gasteiger partial charge < -0.3 is 5.73 Å². The number of alkyl halides is 1. The number of benzene rings is 1. The van der Waals surface area contributed by atoms with Crippen molar-refractivity contribution in [1.29, 1.82) is 5.26 Å². The second-order valence-corrected chi connectivity index (χ2v) is 3.46. The number of hydrogen-bond donors (Lipinski definition) is 1. The number of halogens is 1. The number of nitrogens with zero attached hydrogens (tertiary/aromatic N) is 1. The van der Waals surface area contributed by atoms with Crippen LogP contribution in [0.2, 0.25) is 0 Å². The van der Waals surface area contributed by atoms with Crippen molar-refractivity contribution in [1.82, 2.24) is 0 Å². The first kappa shape index (κ1) is 11.5. The number of primary amides is 1. The predicted molar refractivity (Wildman–Crippen MR) is 62.0 cm³/mol. The minimum absolute atomic E-state index is 0.502. The predicted octanol–water partition coefficient (Wildman–Crippen LogP) is 1.95. The molecule has 0 saturated carbocycles. The molecule has 3 nitrogen and oxygen atoms in total. The van der Waals surface area contributed by atoms with Gasteiger partial charge >= 0.3 is 0 Å². The van der Waals surface area contributed by atoms with Gasteiger partial charge in [0.1, 0.15) is 0 Å². The van der Waals surface area contributed by atoms with Crippen molar-refractivity contribution < 1.29 is 4.79 Å². The van der Waals surface area contributed by atoms with E-state index in [9.17, 15) is 4.79 Å². The Bertz CT molecular complexity index is 446. The quantitative estimate of drug-likeness (QED) is 0.670. The van der Waals surface area contributed by atoms with Crippen LogP contribution in [0.25, 0.3) is 6.08 Å². The second kappa shape index (κ2) is 5.32. The molecule has 0 aromatic heterocycles. The Hall–Kier alpha value is -1.60. The molecular weight excluding hydrogens is 256 g/mol. The minimum Gasteiger partial charge on any atom is -0.366 e. The summed E-state index contributed by atoms with van der Waals surface area (Å²) in [4.78, 5) is 10.6. The van der Waals surface area contributed by atoms with E-state index >= 15 is 0 Å². The molecule has 1 aromatic rings. The van der Waals surface area contributed by atoms with E-state index in [4.69, 9.17) is 11.0 Å². The summed E-state index contributed by atoms with van der Waals surface area (Å²) in [6.07, 6.45) is 2.89. The Labute approximate surface area is 96.3 Å². The van der Waals surface area contributed by atoms with Gasteiger partial charge in [0, 0.05) is 11.4 Å². The van der Waals surface area contributed by atoms with Crippen molar-refractivity contribution in [2.75, 3.05) is 0 Å². The summed E-state index contributed by atoms with van der Waals surface area (Å²) < 4.78 is 0. The summed E-state index contributed by atoms with van der Waals surface area (Å²) >= 11 is 3.33. The van der Waals surface area contributed by atoms with Gasteiger partial charge in [-0.15, -0.1) is 0 Å². The first-order valence-electron chi connectivity index (χ1n) is 4.24. The third-order valence-corrected chi connectivity index (χ3v) is 2.45. The van der Waals surface area contributed by atoms with Crippen molar-refractivity contribution in [2.24, 2.45) is 5.73 Å². The van der Waals surface area contributed by atoms with Crippen molar-refractivity contribution in [3.63, 3.8) is 0 Å². The highest BCUT2D eigenvalue weighted by Gasteiger charge is 2.00. The molecule has 1 amide bonds. The molecule has 4 heteroatoms. The number of carbonyl (C=O) groups is 1. The van der Waals surface area contributed by atoms with Crippen LogP contribution in [0.4, 0.5) is 0 Å². The lowest BCUT2D eigenvalue weighted by atomic mass is 10.1. The van der Waals surface area contributed by atoms with Gasteiger partial charge in [0.25, 0.3) is 0 Å². The van der Waals surface area contributed by atoms with Crippen molar-refractivity contribution in [2.45, 2.75) is 5.33 Å². The van der Waals surface area contributed by atoms with Crippen LogP contribution in [0, 0.1) is 11.3 Å². The molecule has 0 aliphatic rings. The zero-order valence-corrected chi connectivity index (χ0v) is 9.49. The summed E-state index contributed by atoms with van der Waals surface area (Å²) in [7, 11) is 0. The van der Waals surface area contributed by atoms with Gasteiger partial charge in [0.2, 0.25) is 5.91 Å². The van der Waals surface area contributed by atoms with Crippen molar-refractivity contribution in [3.05, 3.63) is 41.0 Å². The molecule has 0 spiro atoms. The van der Waals surface area contributed by atoms with Crippen LogP contribution in [-0.4, -0.2) is 5.91 Å². The fourth-order valence-corrected chi connectivity index (χ4v) is 1.62. The lowest BCUT2D eigenvalue weighted by Gasteiger charge is -2.02. The largest absolute Gasteiger partial charge is 0.366 e. The molecule has 0 saturated heterocycles. The van der Waals surface area contributed by atoms with Crippen LogP contribution in [0.5, 0.6) is 0 Å². The Morgan fingerprint density at radius 2 is 2.33 bits per heavy atom. The van der Waals surface area contributed by atoms with Crippen LogP contribution in [-0.2, 0) is 10.1 Å². The monoisotopic (exact) mass is 264 g/mol. The highest BCUT2D eigenvalue weighted by atomic mass is 79.9. The van der Waals surface area contributed by atoms with Crippen molar-refractivity contribution >= 4 is 27.9 Å². The SMILES string of the molecule is N#Cc1ccc(CBr)c(C=CC(N)=O)c1. The second-order valence-electron chi connectivity index (χ2n) is 2.89. The van der Waals surface area contributed by atoms with Gasteiger partial charge in [-0.25, -0.2) is 0 Å². The Morgan fingerprint density at radius 1 is 1.60 bits per heavy atom. The number of carbonyl (C=O) groups excluding carboxylic acids is 1. The average Bonchev–Trinajstić information content (AvgIpc) is 2.25. The van der Waals surface area contributed by atoms with E-state index in [1.54, 1.807) is 18.2 Å². The summed E-state index contributed by atoms with van der Waals surface area (Å²) in [6.45, 7) is 0. The topological polar surface area (TPSA) is 66.9 Å². The normalized spacial score (nSPS) is 10.1. The van der Waals surface area contributed by atoms with Crippen molar-refractivity contribution in [3.8, 4) is 6.07 Å². The maximum Gasteiger partial charge on any atom is 0.241 e. The van der Waals surface area contributed by atoms with Crippen LogP contribution < -0.4 is 5.73 Å². The first-order chi connectivity index (χ1) is 7.17. The summed E-state index contributed by atoms with van der Waals surface area (Å²) in [5.41, 5.74) is 7.39. The zero-order chi connectivity index (χ0) is 11.3. The third-order valence-electron chi connectivity index (χ3n) is 1.85. The molecule has 0 heterocycles. The van der Waals surface area contributed by atoms with E-state index < -0.39 is 5.91 Å². The van der Waals surface area contributed by atoms with E-state index in [1.807, 2.05) is 12.1 Å². The summed E-state index contributed by atoms with van der Waals surface area (Å²) in [6, 6.07) is 7.33. The van der Waals surface area contributed by atoms with Crippen LogP contribution in [0.3, 0.4) is 0 Å². The summed E-state index contributed by atoms with van der Waals surface area (Å²) in [5, 5.41) is 9.39. The van der Waals surface area contributed by atoms with E-state index in [2.05, 4.69) is 15.9 Å². The molecule has 0 radical (unpaired) electrons. The third kappa shape index (κ3) is 3.22. The fraction of sp³-hybridized carbons (Fsp3) is 0.0909. The fourth-order valence-electron chi connectivity index (χ4n) is 1.11. The molecule has 0 unspecified atom stereocenters. The molecule has 0 bridgehead atoms. The zero-order valence-electron chi connectivity index (χ0n) is 7.90. The standard InChI is InChI=1S/C11H9BrN2O/c12-6-10-2-1-8(7-13)5-9(10)3-4-11(14)15/h1-5H,6H2,(H2,14,15). The number of nitrogens with two attached hydrogens (primary N) is 1. The molecule has 0 fully saturated rings. The molecule has 0 aliphatic heterocycles. The maximum atomic E-state index is 10.6. The average molecular weight is 265 g/mol. The van der Waals surface area contributed by atoms with Crippen LogP contribution in [0.15, 0.2) is 24.3 Å². The van der Waals surface area contributed by atoms with Crippen LogP contribution in [0.1, 0.15) is 16.7 Å². The number of amides is 1. The van der Waals surface area contributed by atoms with Gasteiger partial charge in [-0.05, 0) is 29.3 Å². The Morgan fingerprint density at radius 3 is 2.87 bits per heavy atom.